The van der Waals surface area contributed by atoms with E-state index in [4.69, 9.17) is 9.47 Å². The topological polar surface area (TPSA) is 110 Å². The first kappa shape index (κ1) is 16.6. The van der Waals surface area contributed by atoms with Crippen molar-refractivity contribution in [3.63, 3.8) is 0 Å². The third-order valence-corrected chi connectivity index (χ3v) is 4.04. The van der Waals surface area contributed by atoms with Gasteiger partial charge in [0.1, 0.15) is 5.56 Å². The number of H-pyrrole nitrogens is 1. The smallest absolute Gasteiger partial charge is 0.342 e. The number of methoxy groups -OCH3 is 1. The van der Waals surface area contributed by atoms with Gasteiger partial charge < -0.3 is 9.47 Å². The molecule has 0 saturated carbocycles. The highest BCUT2D eigenvalue weighted by molar-refractivity contribution is 7.89. The van der Waals surface area contributed by atoms with Crippen molar-refractivity contribution in [2.24, 2.45) is 0 Å². The Kier molecular flexibility index (Phi) is 6.11. The van der Waals surface area contributed by atoms with E-state index >= 15 is 0 Å². The number of nitrogens with zero attached hydrogens (tertiary/aromatic N) is 1. The molecular weight excluding hydrogens is 286 g/mol. The molecule has 0 aliphatic carbocycles. The number of nitrogens with one attached hydrogen (secondary N) is 2. The Hall–Kier alpha value is -1.45. The lowest BCUT2D eigenvalue weighted by molar-refractivity contribution is 0.0522. The molecule has 0 bridgehead atoms. The van der Waals surface area contributed by atoms with Gasteiger partial charge in [-0.25, -0.2) is 17.9 Å². The van der Waals surface area contributed by atoms with Crippen molar-refractivity contribution in [1.29, 1.82) is 0 Å². The Labute approximate surface area is 117 Å². The second kappa shape index (κ2) is 7.36. The number of aromatic amines is 1. The van der Waals surface area contributed by atoms with Gasteiger partial charge in [-0.3, -0.25) is 5.10 Å². The van der Waals surface area contributed by atoms with Crippen molar-refractivity contribution < 1.29 is 22.7 Å². The minimum atomic E-state index is -3.89. The number of rotatable bonds is 8. The van der Waals surface area contributed by atoms with E-state index in [1.54, 1.807) is 6.92 Å². The lowest BCUT2D eigenvalue weighted by Gasteiger charge is -2.15. The Balaban J connectivity index is 2.98. The van der Waals surface area contributed by atoms with E-state index in [-0.39, 0.29) is 29.8 Å². The number of esters is 1. The standard InChI is InChI=1S/C11H19N3O5S/c1-4-8(7-18-3)14-20(16,17)10-9(6-12-13-10)11(15)19-5-2/h6,8,14H,4-5,7H2,1-3H3,(H,12,13). The van der Waals surface area contributed by atoms with Gasteiger partial charge in [-0.2, -0.15) is 5.10 Å². The summed E-state index contributed by atoms with van der Waals surface area (Å²) in [5, 5.41) is 5.61. The molecule has 1 aromatic heterocycles. The van der Waals surface area contributed by atoms with Crippen molar-refractivity contribution in [3.8, 4) is 0 Å². The van der Waals surface area contributed by atoms with Crippen LogP contribution in [-0.4, -0.2) is 50.9 Å². The van der Waals surface area contributed by atoms with E-state index in [9.17, 15) is 13.2 Å². The molecule has 0 aromatic carbocycles. The molecule has 0 spiro atoms. The van der Waals surface area contributed by atoms with E-state index in [1.807, 2.05) is 6.92 Å². The van der Waals surface area contributed by atoms with E-state index in [1.165, 1.54) is 7.11 Å². The molecule has 0 aliphatic heterocycles. The molecule has 1 unspecified atom stereocenters. The van der Waals surface area contributed by atoms with Crippen molar-refractivity contribution in [1.82, 2.24) is 14.9 Å². The summed E-state index contributed by atoms with van der Waals surface area (Å²) in [6, 6.07) is -0.386. The summed E-state index contributed by atoms with van der Waals surface area (Å²) in [4.78, 5) is 11.7. The fourth-order valence-electron chi connectivity index (χ4n) is 1.55. The van der Waals surface area contributed by atoms with E-state index in [0.717, 1.165) is 6.20 Å². The summed E-state index contributed by atoms with van der Waals surface area (Å²) in [6.45, 7) is 3.85. The third-order valence-electron chi connectivity index (χ3n) is 2.55. The minimum absolute atomic E-state index is 0.119. The largest absolute Gasteiger partial charge is 0.462 e. The molecule has 1 atom stereocenters. The van der Waals surface area contributed by atoms with Crippen LogP contribution in [0.4, 0.5) is 0 Å². The Morgan fingerprint density at radius 2 is 2.20 bits per heavy atom. The first-order valence-corrected chi connectivity index (χ1v) is 7.66. The van der Waals surface area contributed by atoms with Gasteiger partial charge in [0.2, 0.25) is 0 Å². The predicted molar refractivity (Wildman–Crippen MR) is 70.8 cm³/mol. The monoisotopic (exact) mass is 305 g/mol. The van der Waals surface area contributed by atoms with E-state index in [2.05, 4.69) is 14.9 Å². The number of ether oxygens (including phenoxy) is 2. The van der Waals surface area contributed by atoms with Gasteiger partial charge in [0.15, 0.2) is 5.03 Å². The highest BCUT2D eigenvalue weighted by Gasteiger charge is 2.27. The zero-order valence-electron chi connectivity index (χ0n) is 11.7. The molecular formula is C11H19N3O5S. The fourth-order valence-corrected chi connectivity index (χ4v) is 2.94. The summed E-state index contributed by atoms with van der Waals surface area (Å²) in [7, 11) is -2.41. The number of hydrogen-bond acceptors (Lipinski definition) is 6. The summed E-state index contributed by atoms with van der Waals surface area (Å²) in [6.07, 6.45) is 1.68. The van der Waals surface area contributed by atoms with Crippen molar-refractivity contribution in [2.45, 2.75) is 31.3 Å². The van der Waals surface area contributed by atoms with Crippen LogP contribution in [0.5, 0.6) is 0 Å². The zero-order valence-corrected chi connectivity index (χ0v) is 12.5. The van der Waals surface area contributed by atoms with Crippen LogP contribution >= 0.6 is 0 Å². The van der Waals surface area contributed by atoms with Gasteiger partial charge in [0.05, 0.1) is 19.4 Å². The highest BCUT2D eigenvalue weighted by atomic mass is 32.2. The first-order chi connectivity index (χ1) is 9.46. The van der Waals surface area contributed by atoms with Crippen molar-refractivity contribution >= 4 is 16.0 Å². The molecule has 2 N–H and O–H groups in total. The van der Waals surface area contributed by atoms with Gasteiger partial charge in [0.25, 0.3) is 10.0 Å². The summed E-state index contributed by atoms with van der Waals surface area (Å²) < 4.78 is 36.6. The Morgan fingerprint density at radius 3 is 2.75 bits per heavy atom. The molecule has 8 nitrogen and oxygen atoms in total. The number of aromatic nitrogens is 2. The van der Waals surface area contributed by atoms with Crippen LogP contribution in [0.2, 0.25) is 0 Å². The first-order valence-electron chi connectivity index (χ1n) is 6.18. The van der Waals surface area contributed by atoms with Gasteiger partial charge >= 0.3 is 5.97 Å². The van der Waals surface area contributed by atoms with Crippen LogP contribution in [0.1, 0.15) is 30.6 Å². The summed E-state index contributed by atoms with van der Waals surface area (Å²) in [5.41, 5.74) is -0.119. The number of hydrogen-bond donors (Lipinski definition) is 2. The molecule has 1 heterocycles. The molecule has 114 valence electrons. The van der Waals surface area contributed by atoms with Crippen molar-refractivity contribution in [3.05, 3.63) is 11.8 Å². The molecule has 0 aliphatic rings. The molecule has 20 heavy (non-hydrogen) atoms. The van der Waals surface area contributed by atoms with E-state index in [0.29, 0.717) is 6.42 Å². The quantitative estimate of drug-likeness (QED) is 0.668. The molecule has 0 saturated heterocycles. The summed E-state index contributed by atoms with van der Waals surface area (Å²) >= 11 is 0. The second-order valence-electron chi connectivity index (χ2n) is 4.02. The van der Waals surface area contributed by atoms with Crippen molar-refractivity contribution in [2.75, 3.05) is 20.3 Å². The number of sulfonamides is 1. The molecule has 0 radical (unpaired) electrons. The van der Waals surface area contributed by atoms with Crippen LogP contribution in [-0.2, 0) is 19.5 Å². The summed E-state index contributed by atoms with van der Waals surface area (Å²) in [5.74, 6) is -0.735. The second-order valence-corrected chi connectivity index (χ2v) is 5.67. The van der Waals surface area contributed by atoms with Gasteiger partial charge in [0, 0.05) is 13.2 Å². The maximum Gasteiger partial charge on any atom is 0.342 e. The lowest BCUT2D eigenvalue weighted by atomic mass is 10.3. The molecule has 1 aromatic rings. The maximum atomic E-state index is 12.2. The van der Waals surface area contributed by atoms with Crippen LogP contribution in [0.25, 0.3) is 0 Å². The molecule has 9 heteroatoms. The van der Waals surface area contributed by atoms with Gasteiger partial charge in [-0.15, -0.1) is 0 Å². The highest BCUT2D eigenvalue weighted by Crippen LogP contribution is 2.14. The normalized spacial score (nSPS) is 13.2. The average Bonchev–Trinajstić information content (AvgIpc) is 2.88. The predicted octanol–water partition coefficient (Wildman–Crippen LogP) is 0.290. The third kappa shape index (κ3) is 4.02. The SMILES string of the molecule is CCOC(=O)c1cn[nH]c1S(=O)(=O)NC(CC)COC. The maximum absolute atomic E-state index is 12.2. The van der Waals surface area contributed by atoms with Gasteiger partial charge in [-0.1, -0.05) is 6.92 Å². The minimum Gasteiger partial charge on any atom is -0.462 e. The van der Waals surface area contributed by atoms with Crippen LogP contribution in [0, 0.1) is 0 Å². The molecule has 1 rings (SSSR count). The lowest BCUT2D eigenvalue weighted by Crippen LogP contribution is -2.38. The number of carbonyl (C=O) groups is 1. The molecule has 0 fully saturated rings. The van der Waals surface area contributed by atoms with Crippen LogP contribution < -0.4 is 4.72 Å². The van der Waals surface area contributed by atoms with Crippen LogP contribution in [0.15, 0.2) is 11.2 Å². The number of carbonyl (C=O) groups excluding carboxylic acids is 1. The van der Waals surface area contributed by atoms with E-state index < -0.39 is 16.0 Å². The van der Waals surface area contributed by atoms with Crippen LogP contribution in [0.3, 0.4) is 0 Å². The fraction of sp³-hybridized carbons (Fsp3) is 0.636. The Bertz CT molecular complexity index is 540. The Morgan fingerprint density at radius 1 is 1.50 bits per heavy atom. The van der Waals surface area contributed by atoms with Gasteiger partial charge in [-0.05, 0) is 13.3 Å². The molecule has 0 amide bonds. The average molecular weight is 305 g/mol. The zero-order chi connectivity index (χ0) is 15.2.